The van der Waals surface area contributed by atoms with Gasteiger partial charge in [0.05, 0.1) is 10.5 Å². The molecule has 150 valence electrons. The van der Waals surface area contributed by atoms with Crippen molar-refractivity contribution >= 4 is 21.9 Å². The van der Waals surface area contributed by atoms with E-state index in [4.69, 9.17) is 4.74 Å². The van der Waals surface area contributed by atoms with E-state index in [0.29, 0.717) is 13.1 Å². The van der Waals surface area contributed by atoms with Crippen molar-refractivity contribution in [1.29, 1.82) is 0 Å². The van der Waals surface area contributed by atoms with Crippen LogP contribution in [0.5, 0.6) is 0 Å². The van der Waals surface area contributed by atoms with Crippen LogP contribution in [0.4, 0.5) is 0 Å². The summed E-state index contributed by atoms with van der Waals surface area (Å²) in [7, 11) is -3.58. The van der Waals surface area contributed by atoms with E-state index in [1.54, 1.807) is 13.8 Å². The molecule has 8 heteroatoms. The van der Waals surface area contributed by atoms with Crippen molar-refractivity contribution < 1.29 is 22.7 Å². The van der Waals surface area contributed by atoms with Crippen molar-refractivity contribution in [3.63, 3.8) is 0 Å². The highest BCUT2D eigenvalue weighted by Crippen LogP contribution is 2.19. The zero-order chi connectivity index (χ0) is 20.0. The van der Waals surface area contributed by atoms with E-state index in [1.165, 1.54) is 35.5 Å². The second kappa shape index (κ2) is 9.32. The number of rotatable bonds is 8. The molecule has 2 rings (SSSR count). The lowest BCUT2D eigenvalue weighted by molar-refractivity contribution is -0.129. The summed E-state index contributed by atoms with van der Waals surface area (Å²) in [5.41, 5.74) is 0.203. The number of hydrogen-bond acceptors (Lipinski definition) is 5. The summed E-state index contributed by atoms with van der Waals surface area (Å²) in [6.07, 6.45) is 3.20. The minimum absolute atomic E-state index is 0.120. The molecule has 0 saturated heterocycles. The number of carbonyl (C=O) groups excluding carboxylic acids is 2. The summed E-state index contributed by atoms with van der Waals surface area (Å²) in [4.78, 5) is 24.5. The summed E-state index contributed by atoms with van der Waals surface area (Å²) >= 11 is 0. The third-order valence-corrected chi connectivity index (χ3v) is 6.85. The lowest BCUT2D eigenvalue weighted by Crippen LogP contribution is -2.40. The summed E-state index contributed by atoms with van der Waals surface area (Å²) in [6.45, 7) is 5.81. The van der Waals surface area contributed by atoms with Crippen LogP contribution < -0.4 is 5.32 Å². The Bertz CT molecular complexity index is 751. The second-order valence-corrected chi connectivity index (χ2v) is 8.59. The fourth-order valence-corrected chi connectivity index (χ4v) is 4.60. The molecule has 0 unspecified atom stereocenters. The van der Waals surface area contributed by atoms with Crippen LogP contribution in [0.1, 0.15) is 56.8 Å². The largest absolute Gasteiger partial charge is 0.449 e. The van der Waals surface area contributed by atoms with Gasteiger partial charge in [0.2, 0.25) is 10.0 Å². The number of amides is 1. The van der Waals surface area contributed by atoms with Crippen molar-refractivity contribution in [2.75, 3.05) is 13.1 Å². The average Bonchev–Trinajstić information content (AvgIpc) is 3.15. The van der Waals surface area contributed by atoms with E-state index in [2.05, 4.69) is 5.32 Å². The fourth-order valence-electron chi connectivity index (χ4n) is 3.15. The van der Waals surface area contributed by atoms with Gasteiger partial charge in [0.15, 0.2) is 6.10 Å². The average molecular weight is 397 g/mol. The third-order valence-electron chi connectivity index (χ3n) is 4.79. The van der Waals surface area contributed by atoms with Crippen LogP contribution in [0.25, 0.3) is 0 Å². The molecule has 27 heavy (non-hydrogen) atoms. The molecule has 1 N–H and O–H groups in total. The highest BCUT2D eigenvalue weighted by Gasteiger charge is 2.25. The van der Waals surface area contributed by atoms with Gasteiger partial charge in [-0.15, -0.1) is 0 Å². The summed E-state index contributed by atoms with van der Waals surface area (Å²) in [5.74, 6) is -0.966. The Hall–Kier alpha value is -1.93. The molecule has 1 aliphatic rings. The van der Waals surface area contributed by atoms with E-state index < -0.39 is 22.1 Å². The SMILES string of the molecule is CCN(CC)S(=O)(=O)c1ccc(C(=O)O[C@H](C)C(=O)NC2CCCC2)cc1. The number of nitrogens with zero attached hydrogens (tertiary/aromatic N) is 1. The molecule has 1 amide bonds. The molecule has 0 aliphatic heterocycles. The molecular weight excluding hydrogens is 368 g/mol. The fraction of sp³-hybridized carbons (Fsp3) is 0.579. The number of ether oxygens (including phenoxy) is 1. The number of benzene rings is 1. The van der Waals surface area contributed by atoms with Crippen molar-refractivity contribution in [2.24, 2.45) is 0 Å². The molecule has 1 aliphatic carbocycles. The Labute approximate surface area is 161 Å². The molecule has 1 atom stereocenters. The van der Waals surface area contributed by atoms with E-state index in [9.17, 15) is 18.0 Å². The maximum atomic E-state index is 12.5. The van der Waals surface area contributed by atoms with Gasteiger partial charge in [-0.3, -0.25) is 4.79 Å². The van der Waals surface area contributed by atoms with Gasteiger partial charge < -0.3 is 10.1 Å². The first-order valence-corrected chi connectivity index (χ1v) is 10.8. The van der Waals surface area contributed by atoms with Crippen LogP contribution in [0.3, 0.4) is 0 Å². The Morgan fingerprint density at radius 3 is 2.22 bits per heavy atom. The maximum absolute atomic E-state index is 12.5. The number of hydrogen-bond donors (Lipinski definition) is 1. The van der Waals surface area contributed by atoms with E-state index in [0.717, 1.165) is 25.7 Å². The minimum atomic E-state index is -3.58. The molecule has 0 radical (unpaired) electrons. The van der Waals surface area contributed by atoms with E-state index in [1.807, 2.05) is 0 Å². The van der Waals surface area contributed by atoms with Crippen molar-refractivity contribution in [3.8, 4) is 0 Å². The Kier molecular flexibility index (Phi) is 7.38. The van der Waals surface area contributed by atoms with Gasteiger partial charge in [0.1, 0.15) is 0 Å². The van der Waals surface area contributed by atoms with Gasteiger partial charge >= 0.3 is 5.97 Å². The lowest BCUT2D eigenvalue weighted by Gasteiger charge is -2.19. The molecule has 1 aromatic rings. The first-order chi connectivity index (χ1) is 12.8. The van der Waals surface area contributed by atoms with Crippen LogP contribution in [0.15, 0.2) is 29.2 Å². The highest BCUT2D eigenvalue weighted by molar-refractivity contribution is 7.89. The van der Waals surface area contributed by atoms with Crippen molar-refractivity contribution in [2.45, 2.75) is 63.5 Å². The number of esters is 1. The highest BCUT2D eigenvalue weighted by atomic mass is 32.2. The molecule has 0 bridgehead atoms. The zero-order valence-corrected chi connectivity index (χ0v) is 16.9. The number of nitrogens with one attached hydrogen (secondary N) is 1. The zero-order valence-electron chi connectivity index (χ0n) is 16.1. The summed E-state index contributed by atoms with van der Waals surface area (Å²) in [5, 5.41) is 2.89. The normalized spacial score (nSPS) is 16.3. The Morgan fingerprint density at radius 1 is 1.15 bits per heavy atom. The first kappa shape index (κ1) is 21.4. The minimum Gasteiger partial charge on any atom is -0.449 e. The predicted octanol–water partition coefficient (Wildman–Crippen LogP) is 2.32. The second-order valence-electron chi connectivity index (χ2n) is 6.65. The van der Waals surface area contributed by atoms with Crippen LogP contribution >= 0.6 is 0 Å². The molecule has 0 spiro atoms. The molecule has 1 fully saturated rings. The molecule has 1 aromatic carbocycles. The monoisotopic (exact) mass is 396 g/mol. The summed E-state index contributed by atoms with van der Waals surface area (Å²) < 4.78 is 31.5. The van der Waals surface area contributed by atoms with Crippen molar-refractivity contribution in [1.82, 2.24) is 9.62 Å². The molecule has 0 heterocycles. The maximum Gasteiger partial charge on any atom is 0.338 e. The molecule has 0 aromatic heterocycles. The summed E-state index contributed by atoms with van der Waals surface area (Å²) in [6, 6.07) is 5.73. The predicted molar refractivity (Wildman–Crippen MR) is 102 cm³/mol. The molecule has 1 saturated carbocycles. The van der Waals surface area contributed by atoms with E-state index >= 15 is 0 Å². The number of sulfonamides is 1. The van der Waals surface area contributed by atoms with Gasteiger partial charge in [0, 0.05) is 19.1 Å². The molecular formula is C19H28N2O5S. The Balaban J connectivity index is 1.99. The smallest absolute Gasteiger partial charge is 0.338 e. The van der Waals surface area contributed by atoms with Crippen LogP contribution in [-0.2, 0) is 19.6 Å². The third kappa shape index (κ3) is 5.29. The van der Waals surface area contributed by atoms with Gasteiger partial charge in [0.25, 0.3) is 5.91 Å². The molecule has 7 nitrogen and oxygen atoms in total. The van der Waals surface area contributed by atoms with E-state index in [-0.39, 0.29) is 22.4 Å². The quantitative estimate of drug-likeness (QED) is 0.681. The Morgan fingerprint density at radius 2 is 1.70 bits per heavy atom. The standard InChI is InChI=1S/C19H28N2O5S/c1-4-21(5-2)27(24,25)17-12-10-15(11-13-17)19(23)26-14(3)18(22)20-16-8-6-7-9-16/h10-14,16H,4-9H2,1-3H3,(H,20,22)/t14-/m1/s1. The van der Waals surface area contributed by atoms with Crippen LogP contribution in [0.2, 0.25) is 0 Å². The van der Waals surface area contributed by atoms with Gasteiger partial charge in [-0.05, 0) is 44.0 Å². The van der Waals surface area contributed by atoms with Gasteiger partial charge in [-0.1, -0.05) is 26.7 Å². The van der Waals surface area contributed by atoms with Crippen molar-refractivity contribution in [3.05, 3.63) is 29.8 Å². The number of carbonyl (C=O) groups is 2. The van der Waals surface area contributed by atoms with Gasteiger partial charge in [-0.25, -0.2) is 13.2 Å². The van der Waals surface area contributed by atoms with Crippen LogP contribution in [-0.4, -0.2) is 49.8 Å². The topological polar surface area (TPSA) is 92.8 Å². The first-order valence-electron chi connectivity index (χ1n) is 9.41. The van der Waals surface area contributed by atoms with Crippen LogP contribution in [0, 0.1) is 0 Å². The lowest BCUT2D eigenvalue weighted by atomic mass is 10.2. The van der Waals surface area contributed by atoms with Gasteiger partial charge in [-0.2, -0.15) is 4.31 Å².